The first-order valence-electron chi connectivity index (χ1n) is 5.24. The third-order valence-corrected chi connectivity index (χ3v) is 5.55. The zero-order valence-corrected chi connectivity index (χ0v) is 13.0. The number of benzene rings is 1. The van der Waals surface area contributed by atoms with E-state index >= 15 is 0 Å². The van der Waals surface area contributed by atoms with E-state index in [9.17, 15) is 4.79 Å². The second kappa shape index (κ2) is 3.42. The van der Waals surface area contributed by atoms with Crippen molar-refractivity contribution in [2.45, 2.75) is 38.5 Å². The fourth-order valence-electron chi connectivity index (χ4n) is 2.70. The minimum absolute atomic E-state index is 0.286. The average molecular weight is 346 g/mol. The van der Waals surface area contributed by atoms with Gasteiger partial charge in [0.15, 0.2) is 5.78 Å². The maximum atomic E-state index is 12.4. The fourth-order valence-corrected chi connectivity index (χ4v) is 3.87. The normalized spacial score (nSPS) is 21.0. The molecule has 1 aromatic rings. The molecule has 1 aliphatic rings. The Bertz CT molecular complexity index is 487. The minimum Gasteiger partial charge on any atom is -0.298 e. The molecule has 0 aliphatic heterocycles. The lowest BCUT2D eigenvalue weighted by molar-refractivity contribution is -0.126. The topological polar surface area (TPSA) is 17.1 Å². The molecule has 0 atom stereocenters. The lowest BCUT2D eigenvalue weighted by Gasteiger charge is -2.21. The van der Waals surface area contributed by atoms with Crippen LogP contribution in [-0.2, 0) is 15.6 Å². The SMILES string of the molecule is CC1(C)C(=O)C(C)(C)c2c1ccc(Br)c2Br. The Hall–Kier alpha value is -0.150. The number of carbonyl (C=O) groups excluding carboxylic acids is 1. The first-order valence-corrected chi connectivity index (χ1v) is 6.83. The molecule has 16 heavy (non-hydrogen) atoms. The molecular weight excluding hydrogens is 332 g/mol. The summed E-state index contributed by atoms with van der Waals surface area (Å²) >= 11 is 7.09. The maximum absolute atomic E-state index is 12.4. The summed E-state index contributed by atoms with van der Waals surface area (Å²) in [5.74, 6) is 0.286. The van der Waals surface area contributed by atoms with E-state index < -0.39 is 5.41 Å². The van der Waals surface area contributed by atoms with Crippen molar-refractivity contribution in [1.29, 1.82) is 0 Å². The highest BCUT2D eigenvalue weighted by Gasteiger charge is 2.51. The first-order chi connectivity index (χ1) is 7.20. The van der Waals surface area contributed by atoms with Crippen LogP contribution in [0, 0.1) is 0 Å². The van der Waals surface area contributed by atoms with Crippen LogP contribution in [0.2, 0.25) is 0 Å². The number of carbonyl (C=O) groups is 1. The number of halogens is 2. The van der Waals surface area contributed by atoms with E-state index in [1.54, 1.807) is 0 Å². The standard InChI is InChI=1S/C13H14Br2O/c1-12(2)7-5-6-8(14)10(15)9(7)13(3,4)11(12)16/h5-6H,1-4H3. The molecule has 2 rings (SSSR count). The molecule has 1 aromatic carbocycles. The molecule has 3 heteroatoms. The number of hydrogen-bond acceptors (Lipinski definition) is 1. The average Bonchev–Trinajstić information content (AvgIpc) is 2.31. The summed E-state index contributed by atoms with van der Waals surface area (Å²) < 4.78 is 2.01. The smallest absolute Gasteiger partial charge is 0.152 e. The Kier molecular flexibility index (Phi) is 2.63. The van der Waals surface area contributed by atoms with E-state index in [-0.39, 0.29) is 11.2 Å². The van der Waals surface area contributed by atoms with Crippen LogP contribution < -0.4 is 0 Å². The van der Waals surface area contributed by atoms with Crippen molar-refractivity contribution in [3.8, 4) is 0 Å². The Balaban J connectivity index is 2.86. The van der Waals surface area contributed by atoms with Crippen LogP contribution in [0.1, 0.15) is 38.8 Å². The van der Waals surface area contributed by atoms with Crippen molar-refractivity contribution in [2.75, 3.05) is 0 Å². The molecule has 0 unspecified atom stereocenters. The van der Waals surface area contributed by atoms with Gasteiger partial charge in [-0.1, -0.05) is 6.07 Å². The highest BCUT2D eigenvalue weighted by Crippen LogP contribution is 2.50. The number of hydrogen-bond donors (Lipinski definition) is 0. The summed E-state index contributed by atoms with van der Waals surface area (Å²) in [6, 6.07) is 4.05. The molecule has 0 saturated carbocycles. The summed E-state index contributed by atoms with van der Waals surface area (Å²) in [7, 11) is 0. The van der Waals surface area contributed by atoms with Gasteiger partial charge in [-0.25, -0.2) is 0 Å². The highest BCUT2D eigenvalue weighted by molar-refractivity contribution is 9.13. The Morgan fingerprint density at radius 2 is 1.56 bits per heavy atom. The predicted octanol–water partition coefficient (Wildman–Crippen LogP) is 4.35. The summed E-state index contributed by atoms with van der Waals surface area (Å²) in [4.78, 5) is 12.4. The van der Waals surface area contributed by atoms with Crippen LogP contribution in [0.25, 0.3) is 0 Å². The van der Waals surface area contributed by atoms with Crippen molar-refractivity contribution in [2.24, 2.45) is 0 Å². The van der Waals surface area contributed by atoms with Gasteiger partial charge < -0.3 is 0 Å². The van der Waals surface area contributed by atoms with E-state index in [1.165, 1.54) is 0 Å². The van der Waals surface area contributed by atoms with Gasteiger partial charge in [-0.05, 0) is 76.7 Å². The lowest BCUT2D eigenvalue weighted by Crippen LogP contribution is -2.33. The van der Waals surface area contributed by atoms with Gasteiger partial charge in [0.25, 0.3) is 0 Å². The van der Waals surface area contributed by atoms with E-state index in [0.717, 1.165) is 20.1 Å². The molecule has 0 radical (unpaired) electrons. The summed E-state index contributed by atoms with van der Waals surface area (Å²) in [5.41, 5.74) is 1.46. The van der Waals surface area contributed by atoms with Crippen molar-refractivity contribution < 1.29 is 4.79 Å². The molecule has 1 nitrogen and oxygen atoms in total. The van der Waals surface area contributed by atoms with Gasteiger partial charge in [-0.3, -0.25) is 4.79 Å². The largest absolute Gasteiger partial charge is 0.298 e. The van der Waals surface area contributed by atoms with Crippen molar-refractivity contribution >= 4 is 37.6 Å². The van der Waals surface area contributed by atoms with Crippen LogP contribution in [0.4, 0.5) is 0 Å². The summed E-state index contributed by atoms with van der Waals surface area (Å²) in [5, 5.41) is 0. The van der Waals surface area contributed by atoms with Crippen molar-refractivity contribution in [1.82, 2.24) is 0 Å². The molecule has 1 aliphatic carbocycles. The van der Waals surface area contributed by atoms with Crippen LogP contribution in [0.5, 0.6) is 0 Å². The second-order valence-corrected chi connectivity index (χ2v) is 7.01. The van der Waals surface area contributed by atoms with Crippen LogP contribution in [0.3, 0.4) is 0 Å². The van der Waals surface area contributed by atoms with Crippen LogP contribution in [0.15, 0.2) is 21.1 Å². The molecule has 0 saturated heterocycles. The molecule has 0 aromatic heterocycles. The summed E-state index contributed by atoms with van der Waals surface area (Å²) in [6.45, 7) is 8.01. The lowest BCUT2D eigenvalue weighted by atomic mass is 9.80. The van der Waals surface area contributed by atoms with Gasteiger partial charge in [0.1, 0.15) is 0 Å². The van der Waals surface area contributed by atoms with Crippen molar-refractivity contribution in [3.63, 3.8) is 0 Å². The first kappa shape index (κ1) is 12.3. The zero-order chi connectivity index (χ0) is 12.3. The van der Waals surface area contributed by atoms with E-state index in [1.807, 2.05) is 33.8 Å². The van der Waals surface area contributed by atoms with Crippen LogP contribution >= 0.6 is 31.9 Å². The quantitative estimate of drug-likeness (QED) is 0.683. The molecule has 0 N–H and O–H groups in total. The number of Topliss-reactive ketones (excluding diaryl/α,β-unsaturated/α-hetero) is 1. The number of fused-ring (bicyclic) bond motifs is 1. The monoisotopic (exact) mass is 344 g/mol. The van der Waals surface area contributed by atoms with E-state index in [0.29, 0.717) is 0 Å². The van der Waals surface area contributed by atoms with Crippen LogP contribution in [-0.4, -0.2) is 5.78 Å². The third kappa shape index (κ3) is 1.37. The van der Waals surface area contributed by atoms with Gasteiger partial charge in [0.05, 0.1) is 5.41 Å². The van der Waals surface area contributed by atoms with E-state index in [4.69, 9.17) is 0 Å². The van der Waals surface area contributed by atoms with Gasteiger partial charge in [0.2, 0.25) is 0 Å². The van der Waals surface area contributed by atoms with Gasteiger partial charge >= 0.3 is 0 Å². The second-order valence-electron chi connectivity index (χ2n) is 5.36. The Morgan fingerprint density at radius 3 is 2.12 bits per heavy atom. The van der Waals surface area contributed by atoms with E-state index in [2.05, 4.69) is 37.9 Å². The Labute approximate surface area is 113 Å². The molecule has 0 fully saturated rings. The van der Waals surface area contributed by atoms with Crippen molar-refractivity contribution in [3.05, 3.63) is 32.2 Å². The molecule has 0 heterocycles. The third-order valence-electron chi connectivity index (χ3n) is 3.53. The predicted molar refractivity (Wildman–Crippen MR) is 72.9 cm³/mol. The minimum atomic E-state index is -0.415. The molecular formula is C13H14Br2O. The van der Waals surface area contributed by atoms with Gasteiger partial charge in [-0.2, -0.15) is 0 Å². The number of rotatable bonds is 0. The van der Waals surface area contributed by atoms with Gasteiger partial charge in [0, 0.05) is 14.4 Å². The number of ketones is 1. The highest BCUT2D eigenvalue weighted by atomic mass is 79.9. The summed E-state index contributed by atoms with van der Waals surface area (Å²) in [6.07, 6.45) is 0. The molecule has 0 spiro atoms. The zero-order valence-electron chi connectivity index (χ0n) is 9.82. The van der Waals surface area contributed by atoms with Gasteiger partial charge in [-0.15, -0.1) is 0 Å². The fraction of sp³-hybridized carbons (Fsp3) is 0.462. The Morgan fingerprint density at radius 1 is 1.00 bits per heavy atom. The molecule has 0 amide bonds. The maximum Gasteiger partial charge on any atom is 0.152 e. The molecule has 0 bridgehead atoms. The molecule has 86 valence electrons.